The molecule has 1 rings (SSSR count). The fraction of sp³-hybridized carbons (Fsp3) is 0.579. The molecule has 0 bridgehead atoms. The van der Waals surface area contributed by atoms with Crippen LogP contribution in [0.4, 0.5) is 0 Å². The number of ether oxygens (including phenoxy) is 1. The van der Waals surface area contributed by atoms with Crippen molar-refractivity contribution in [2.75, 3.05) is 27.2 Å². The van der Waals surface area contributed by atoms with E-state index >= 15 is 0 Å². The van der Waals surface area contributed by atoms with E-state index in [0.29, 0.717) is 18.7 Å². The monoisotopic (exact) mass is 476 g/mol. The van der Waals surface area contributed by atoms with Crippen molar-refractivity contribution < 1.29 is 9.53 Å². The molecular weight excluding hydrogens is 443 g/mol. The minimum absolute atomic E-state index is 0. The van der Waals surface area contributed by atoms with Crippen molar-refractivity contribution in [3.8, 4) is 0 Å². The smallest absolute Gasteiger partial charge is 0.251 e. The van der Waals surface area contributed by atoms with E-state index in [-0.39, 0.29) is 41.4 Å². The van der Waals surface area contributed by atoms with Crippen LogP contribution < -0.4 is 16.0 Å². The number of guanidine groups is 1. The molecule has 0 aliphatic rings. The maximum Gasteiger partial charge on any atom is 0.251 e. The van der Waals surface area contributed by atoms with Crippen molar-refractivity contribution in [1.29, 1.82) is 0 Å². The Hall–Kier alpha value is -1.35. The van der Waals surface area contributed by atoms with Crippen LogP contribution in [0.2, 0.25) is 0 Å². The summed E-state index contributed by atoms with van der Waals surface area (Å²) in [5, 5.41) is 9.20. The highest BCUT2D eigenvalue weighted by atomic mass is 127. The zero-order chi connectivity index (χ0) is 18.9. The third-order valence-corrected chi connectivity index (χ3v) is 3.89. The number of rotatable bonds is 7. The van der Waals surface area contributed by atoms with Gasteiger partial charge in [-0.05, 0) is 30.0 Å². The van der Waals surface area contributed by atoms with Crippen LogP contribution in [-0.2, 0) is 11.3 Å². The van der Waals surface area contributed by atoms with Gasteiger partial charge in [-0.3, -0.25) is 4.79 Å². The second-order valence-electron chi connectivity index (χ2n) is 6.95. The fourth-order valence-corrected chi connectivity index (χ4v) is 2.40. The molecule has 0 saturated carbocycles. The first-order valence-electron chi connectivity index (χ1n) is 8.67. The first kappa shape index (κ1) is 24.7. The van der Waals surface area contributed by atoms with E-state index in [4.69, 9.17) is 4.74 Å². The Morgan fingerprint density at radius 3 is 2.50 bits per heavy atom. The fourth-order valence-electron chi connectivity index (χ4n) is 2.40. The molecule has 0 spiro atoms. The minimum Gasteiger partial charge on any atom is -0.379 e. The second kappa shape index (κ2) is 12.1. The number of amides is 1. The Balaban J connectivity index is 0.00000625. The molecule has 0 aliphatic carbocycles. The van der Waals surface area contributed by atoms with Crippen LogP contribution in [0, 0.1) is 5.41 Å². The molecule has 0 radical (unpaired) electrons. The molecule has 26 heavy (non-hydrogen) atoms. The first-order valence-corrected chi connectivity index (χ1v) is 8.67. The highest BCUT2D eigenvalue weighted by molar-refractivity contribution is 14.0. The summed E-state index contributed by atoms with van der Waals surface area (Å²) in [5.41, 5.74) is 1.67. The normalized spacial score (nSPS) is 12.8. The van der Waals surface area contributed by atoms with Crippen LogP contribution in [0.15, 0.2) is 29.3 Å². The van der Waals surface area contributed by atoms with Crippen LogP contribution in [0.25, 0.3) is 0 Å². The summed E-state index contributed by atoms with van der Waals surface area (Å²) >= 11 is 0. The number of carbonyl (C=O) groups is 1. The Bertz CT molecular complexity index is 585. The largest absolute Gasteiger partial charge is 0.379 e. The molecule has 1 atom stereocenters. The SMILES string of the molecule is CCNC(=NCc1cccc(C(=O)NC)c1)NCC(OC)C(C)(C)C.I. The van der Waals surface area contributed by atoms with Gasteiger partial charge in [0.05, 0.1) is 12.6 Å². The van der Waals surface area contributed by atoms with E-state index < -0.39 is 0 Å². The van der Waals surface area contributed by atoms with Crippen LogP contribution in [0.1, 0.15) is 43.6 Å². The topological polar surface area (TPSA) is 74.8 Å². The van der Waals surface area contributed by atoms with Gasteiger partial charge in [0.25, 0.3) is 5.91 Å². The number of nitrogens with zero attached hydrogens (tertiary/aromatic N) is 1. The molecule has 7 heteroatoms. The summed E-state index contributed by atoms with van der Waals surface area (Å²) in [7, 11) is 3.35. The quantitative estimate of drug-likeness (QED) is 0.322. The van der Waals surface area contributed by atoms with Gasteiger partial charge < -0.3 is 20.7 Å². The molecule has 148 valence electrons. The molecule has 0 saturated heterocycles. The lowest BCUT2D eigenvalue weighted by molar-refractivity contribution is 0.0205. The van der Waals surface area contributed by atoms with Gasteiger partial charge in [0.15, 0.2) is 5.96 Å². The molecule has 1 amide bonds. The van der Waals surface area contributed by atoms with Gasteiger partial charge in [-0.25, -0.2) is 4.99 Å². The number of hydrogen-bond donors (Lipinski definition) is 3. The Morgan fingerprint density at radius 1 is 1.27 bits per heavy atom. The summed E-state index contributed by atoms with van der Waals surface area (Å²) in [5.74, 6) is 0.642. The van der Waals surface area contributed by atoms with E-state index in [1.807, 2.05) is 25.1 Å². The third-order valence-electron chi connectivity index (χ3n) is 3.89. The average Bonchev–Trinajstić information content (AvgIpc) is 2.58. The van der Waals surface area contributed by atoms with Gasteiger partial charge in [-0.1, -0.05) is 32.9 Å². The van der Waals surface area contributed by atoms with E-state index in [1.165, 1.54) is 0 Å². The van der Waals surface area contributed by atoms with Crippen LogP contribution in [0.5, 0.6) is 0 Å². The summed E-state index contributed by atoms with van der Waals surface area (Å²) < 4.78 is 5.57. The molecule has 1 unspecified atom stereocenters. The standard InChI is InChI=1S/C19H32N4O2.HI/c1-7-21-18(23-13-16(25-6)19(2,3)4)22-12-14-9-8-10-15(11-14)17(24)20-5;/h8-11,16H,7,12-13H2,1-6H3,(H,20,24)(H2,21,22,23);1H. The van der Waals surface area contributed by atoms with Crippen molar-refractivity contribution in [2.45, 2.75) is 40.3 Å². The van der Waals surface area contributed by atoms with E-state index in [9.17, 15) is 4.79 Å². The van der Waals surface area contributed by atoms with Crippen molar-refractivity contribution in [1.82, 2.24) is 16.0 Å². The van der Waals surface area contributed by atoms with E-state index in [0.717, 1.165) is 18.1 Å². The lowest BCUT2D eigenvalue weighted by Gasteiger charge is -2.30. The Labute approximate surface area is 174 Å². The summed E-state index contributed by atoms with van der Waals surface area (Å²) in [6, 6.07) is 7.49. The lowest BCUT2D eigenvalue weighted by atomic mass is 9.89. The van der Waals surface area contributed by atoms with Gasteiger partial charge in [0.2, 0.25) is 0 Å². The number of halogens is 1. The molecule has 3 N–H and O–H groups in total. The zero-order valence-corrected chi connectivity index (χ0v) is 19.0. The maximum absolute atomic E-state index is 11.7. The summed E-state index contributed by atoms with van der Waals surface area (Å²) in [4.78, 5) is 16.3. The second-order valence-corrected chi connectivity index (χ2v) is 6.95. The Morgan fingerprint density at radius 2 is 1.96 bits per heavy atom. The van der Waals surface area contributed by atoms with Crippen LogP contribution in [-0.4, -0.2) is 45.2 Å². The molecule has 0 aliphatic heterocycles. The van der Waals surface area contributed by atoms with Gasteiger partial charge >= 0.3 is 0 Å². The number of carbonyl (C=O) groups excluding carboxylic acids is 1. The number of aliphatic imine (C=N–C) groups is 1. The molecule has 0 aromatic heterocycles. The number of nitrogens with one attached hydrogen (secondary N) is 3. The average molecular weight is 476 g/mol. The minimum atomic E-state index is -0.0935. The Kier molecular flexibility index (Phi) is 11.5. The third kappa shape index (κ3) is 8.35. The van der Waals surface area contributed by atoms with Crippen LogP contribution in [0.3, 0.4) is 0 Å². The van der Waals surface area contributed by atoms with Gasteiger partial charge in [0.1, 0.15) is 0 Å². The van der Waals surface area contributed by atoms with Crippen molar-refractivity contribution in [2.24, 2.45) is 10.4 Å². The van der Waals surface area contributed by atoms with Gasteiger partial charge in [0, 0.05) is 32.8 Å². The van der Waals surface area contributed by atoms with Crippen LogP contribution >= 0.6 is 24.0 Å². The van der Waals surface area contributed by atoms with Gasteiger partial charge in [-0.15, -0.1) is 24.0 Å². The lowest BCUT2D eigenvalue weighted by Crippen LogP contribution is -2.45. The van der Waals surface area contributed by atoms with E-state index in [2.05, 4.69) is 41.7 Å². The van der Waals surface area contributed by atoms with Crippen molar-refractivity contribution in [3.63, 3.8) is 0 Å². The highest BCUT2D eigenvalue weighted by Gasteiger charge is 2.24. The first-order chi connectivity index (χ1) is 11.8. The highest BCUT2D eigenvalue weighted by Crippen LogP contribution is 2.20. The predicted octanol–water partition coefficient (Wildman–Crippen LogP) is 2.78. The summed E-state index contributed by atoms with van der Waals surface area (Å²) in [6.07, 6.45) is 0.0768. The molecule has 1 aromatic carbocycles. The molecule has 0 heterocycles. The number of hydrogen-bond acceptors (Lipinski definition) is 3. The van der Waals surface area contributed by atoms with Gasteiger partial charge in [-0.2, -0.15) is 0 Å². The zero-order valence-electron chi connectivity index (χ0n) is 16.7. The number of methoxy groups -OCH3 is 1. The molecule has 0 fully saturated rings. The van der Waals surface area contributed by atoms with Crippen molar-refractivity contribution >= 4 is 35.8 Å². The number of benzene rings is 1. The molecule has 6 nitrogen and oxygen atoms in total. The maximum atomic E-state index is 11.7. The summed E-state index contributed by atoms with van der Waals surface area (Å²) in [6.45, 7) is 10.4. The predicted molar refractivity (Wildman–Crippen MR) is 118 cm³/mol. The molecular formula is C19H33IN4O2. The van der Waals surface area contributed by atoms with E-state index in [1.54, 1.807) is 20.2 Å². The van der Waals surface area contributed by atoms with Crippen molar-refractivity contribution in [3.05, 3.63) is 35.4 Å². The molecule has 1 aromatic rings.